The zero-order valence-electron chi connectivity index (χ0n) is 6.71. The van der Waals surface area contributed by atoms with Crippen molar-refractivity contribution in [2.45, 2.75) is 25.1 Å². The van der Waals surface area contributed by atoms with Crippen molar-refractivity contribution in [3.05, 3.63) is 22.4 Å². The smallest absolute Gasteiger partial charge is 0.388 e. The fourth-order valence-corrected chi connectivity index (χ4v) is 1.67. The predicted octanol–water partition coefficient (Wildman–Crippen LogP) is 3.12. The van der Waals surface area contributed by atoms with Gasteiger partial charge in [0.15, 0.2) is 0 Å². The minimum absolute atomic E-state index is 0.260. The van der Waals surface area contributed by atoms with Gasteiger partial charge in [0, 0.05) is 11.3 Å². The van der Waals surface area contributed by atoms with Gasteiger partial charge in [-0.2, -0.15) is 13.2 Å². The van der Waals surface area contributed by atoms with Crippen LogP contribution in [0.1, 0.15) is 23.8 Å². The number of alkyl halides is 3. The van der Waals surface area contributed by atoms with Crippen molar-refractivity contribution in [3.8, 4) is 0 Å². The Balaban J connectivity index is 2.39. The number of aliphatic hydroxyl groups is 1. The van der Waals surface area contributed by atoms with Gasteiger partial charge in [0.2, 0.25) is 0 Å². The van der Waals surface area contributed by atoms with Crippen molar-refractivity contribution in [1.82, 2.24) is 0 Å². The van der Waals surface area contributed by atoms with Crippen molar-refractivity contribution in [1.29, 1.82) is 0 Å². The van der Waals surface area contributed by atoms with E-state index in [2.05, 4.69) is 0 Å². The molecule has 0 aromatic carbocycles. The van der Waals surface area contributed by atoms with Crippen LogP contribution >= 0.6 is 11.3 Å². The summed E-state index contributed by atoms with van der Waals surface area (Å²) in [6.45, 7) is 0. The Morgan fingerprint density at radius 3 is 2.62 bits per heavy atom. The molecule has 0 aliphatic heterocycles. The van der Waals surface area contributed by atoms with Gasteiger partial charge in [-0.15, -0.1) is 11.3 Å². The third-order valence-corrected chi connectivity index (χ3v) is 2.55. The van der Waals surface area contributed by atoms with Gasteiger partial charge in [-0.3, -0.25) is 0 Å². The molecule has 1 N–H and O–H groups in total. The number of hydrogen-bond donors (Lipinski definition) is 1. The number of thiophene rings is 1. The second-order valence-electron chi connectivity index (χ2n) is 2.69. The molecule has 0 aliphatic carbocycles. The Labute approximate surface area is 77.8 Å². The first-order chi connectivity index (χ1) is 5.99. The molecule has 1 nitrogen and oxygen atoms in total. The molecule has 0 fully saturated rings. The number of hydrogen-bond acceptors (Lipinski definition) is 2. The van der Waals surface area contributed by atoms with E-state index in [1.54, 1.807) is 17.5 Å². The maximum absolute atomic E-state index is 11.7. The van der Waals surface area contributed by atoms with Crippen molar-refractivity contribution in [2.75, 3.05) is 0 Å². The van der Waals surface area contributed by atoms with E-state index >= 15 is 0 Å². The minimum Gasteiger partial charge on any atom is -0.388 e. The lowest BCUT2D eigenvalue weighted by atomic mass is 10.1. The zero-order valence-corrected chi connectivity index (χ0v) is 7.53. The van der Waals surface area contributed by atoms with Gasteiger partial charge in [0.25, 0.3) is 0 Å². The molecule has 0 amide bonds. The number of aliphatic hydroxyl groups excluding tert-OH is 1. The lowest BCUT2D eigenvalue weighted by Gasteiger charge is -2.10. The summed E-state index contributed by atoms with van der Waals surface area (Å²) >= 11 is 1.26. The van der Waals surface area contributed by atoms with Gasteiger partial charge < -0.3 is 5.11 Å². The Bertz CT molecular complexity index is 242. The second kappa shape index (κ2) is 4.11. The Hall–Kier alpha value is -0.550. The third kappa shape index (κ3) is 3.78. The summed E-state index contributed by atoms with van der Waals surface area (Å²) in [5.41, 5.74) is 0. The molecule has 1 rings (SSSR count). The summed E-state index contributed by atoms with van der Waals surface area (Å²) in [6, 6.07) is 3.34. The van der Waals surface area contributed by atoms with Gasteiger partial charge in [-0.25, -0.2) is 0 Å². The van der Waals surface area contributed by atoms with Crippen LogP contribution in [0.4, 0.5) is 13.2 Å². The highest BCUT2D eigenvalue weighted by molar-refractivity contribution is 7.10. The van der Waals surface area contributed by atoms with E-state index in [4.69, 9.17) is 0 Å². The Kier molecular flexibility index (Phi) is 3.33. The second-order valence-corrected chi connectivity index (χ2v) is 3.66. The van der Waals surface area contributed by atoms with Crippen molar-refractivity contribution in [2.24, 2.45) is 0 Å². The molecule has 0 spiro atoms. The standard InChI is InChI=1S/C8H9F3OS/c9-8(10,11)4-3-6(12)7-2-1-5-13-7/h1-2,5-6,12H,3-4H2. The first-order valence-electron chi connectivity index (χ1n) is 3.77. The molecule has 1 unspecified atom stereocenters. The molecule has 74 valence electrons. The van der Waals surface area contributed by atoms with Crippen LogP contribution in [-0.2, 0) is 0 Å². The molecular formula is C8H9F3OS. The van der Waals surface area contributed by atoms with Gasteiger partial charge in [0.1, 0.15) is 0 Å². The van der Waals surface area contributed by atoms with Gasteiger partial charge in [-0.05, 0) is 17.9 Å². The average molecular weight is 210 g/mol. The van der Waals surface area contributed by atoms with E-state index < -0.39 is 18.7 Å². The van der Waals surface area contributed by atoms with E-state index in [-0.39, 0.29) is 6.42 Å². The molecule has 0 saturated carbocycles. The summed E-state index contributed by atoms with van der Waals surface area (Å²) in [5.74, 6) is 0. The molecule has 0 saturated heterocycles. The molecule has 1 heterocycles. The summed E-state index contributed by atoms with van der Waals surface area (Å²) in [5, 5.41) is 11.0. The largest absolute Gasteiger partial charge is 0.389 e. The van der Waals surface area contributed by atoms with E-state index in [1.165, 1.54) is 11.3 Å². The SMILES string of the molecule is OC(CCC(F)(F)F)c1cccs1. The maximum Gasteiger partial charge on any atom is 0.389 e. The first kappa shape index (κ1) is 10.5. The number of halogens is 3. The lowest BCUT2D eigenvalue weighted by molar-refractivity contribution is -0.140. The molecule has 13 heavy (non-hydrogen) atoms. The van der Waals surface area contributed by atoms with E-state index in [0.29, 0.717) is 4.88 Å². The van der Waals surface area contributed by atoms with Crippen LogP contribution in [0.2, 0.25) is 0 Å². The lowest BCUT2D eigenvalue weighted by Crippen LogP contribution is -2.09. The highest BCUT2D eigenvalue weighted by atomic mass is 32.1. The summed E-state index contributed by atoms with van der Waals surface area (Å²) in [4.78, 5) is 0.587. The van der Waals surface area contributed by atoms with Gasteiger partial charge in [-0.1, -0.05) is 6.07 Å². The molecule has 0 aliphatic rings. The third-order valence-electron chi connectivity index (χ3n) is 1.57. The van der Waals surface area contributed by atoms with Crippen LogP contribution in [0.3, 0.4) is 0 Å². The Morgan fingerprint density at radius 2 is 2.15 bits per heavy atom. The molecule has 5 heteroatoms. The van der Waals surface area contributed by atoms with Crippen LogP contribution in [0.25, 0.3) is 0 Å². The summed E-state index contributed by atoms with van der Waals surface area (Å²) < 4.78 is 35.2. The zero-order chi connectivity index (χ0) is 9.90. The predicted molar refractivity (Wildman–Crippen MR) is 44.6 cm³/mol. The van der Waals surface area contributed by atoms with Crippen LogP contribution in [0.5, 0.6) is 0 Å². The number of rotatable bonds is 3. The normalized spacial score (nSPS) is 14.5. The summed E-state index contributed by atoms with van der Waals surface area (Å²) in [7, 11) is 0. The van der Waals surface area contributed by atoms with E-state index in [1.807, 2.05) is 0 Å². The van der Waals surface area contributed by atoms with Crippen LogP contribution in [0.15, 0.2) is 17.5 Å². The van der Waals surface area contributed by atoms with E-state index in [9.17, 15) is 18.3 Å². The van der Waals surface area contributed by atoms with Crippen LogP contribution < -0.4 is 0 Å². The quantitative estimate of drug-likeness (QED) is 0.812. The van der Waals surface area contributed by atoms with E-state index in [0.717, 1.165) is 0 Å². The molecule has 1 aromatic rings. The fraction of sp³-hybridized carbons (Fsp3) is 0.500. The molecular weight excluding hydrogens is 201 g/mol. The van der Waals surface area contributed by atoms with Crippen LogP contribution in [-0.4, -0.2) is 11.3 Å². The monoisotopic (exact) mass is 210 g/mol. The van der Waals surface area contributed by atoms with Crippen molar-refractivity contribution < 1.29 is 18.3 Å². The van der Waals surface area contributed by atoms with Crippen molar-refractivity contribution >= 4 is 11.3 Å². The van der Waals surface area contributed by atoms with Crippen LogP contribution in [0, 0.1) is 0 Å². The maximum atomic E-state index is 11.7. The highest BCUT2D eigenvalue weighted by Crippen LogP contribution is 2.29. The summed E-state index contributed by atoms with van der Waals surface area (Å²) in [6.07, 6.45) is -6.37. The topological polar surface area (TPSA) is 20.2 Å². The molecule has 1 aromatic heterocycles. The minimum atomic E-state index is -4.18. The molecule has 1 atom stereocenters. The van der Waals surface area contributed by atoms with Gasteiger partial charge in [0.05, 0.1) is 6.10 Å². The van der Waals surface area contributed by atoms with Gasteiger partial charge >= 0.3 is 6.18 Å². The molecule has 0 bridgehead atoms. The van der Waals surface area contributed by atoms with Crippen molar-refractivity contribution in [3.63, 3.8) is 0 Å². The first-order valence-corrected chi connectivity index (χ1v) is 4.65. The molecule has 0 radical (unpaired) electrons. The fourth-order valence-electron chi connectivity index (χ4n) is 0.924. The Morgan fingerprint density at radius 1 is 1.46 bits per heavy atom. The average Bonchev–Trinajstić information content (AvgIpc) is 2.50. The highest BCUT2D eigenvalue weighted by Gasteiger charge is 2.28.